The van der Waals surface area contributed by atoms with E-state index in [9.17, 15) is 0 Å². The van der Waals surface area contributed by atoms with E-state index in [1.165, 1.54) is 16.3 Å². The summed E-state index contributed by atoms with van der Waals surface area (Å²) in [6, 6.07) is 12.5. The molecule has 2 rings (SSSR count). The number of rotatable bonds is 2. The molecule has 2 N–H and O–H groups in total. The lowest BCUT2D eigenvalue weighted by Gasteiger charge is -2.13. The molecule has 1 heteroatoms. The minimum atomic E-state index is 0.593. The summed E-state index contributed by atoms with van der Waals surface area (Å²) in [6.45, 7) is 4.48. The molecule has 2 aromatic carbocycles. The smallest absolute Gasteiger partial charge is 0.0393 e. The highest BCUT2D eigenvalue weighted by molar-refractivity contribution is 5.95. The fraction of sp³-hybridized carbons (Fsp3) is 0.286. The third kappa shape index (κ3) is 1.70. The standard InChI is InChI=1S/C14H17N/c1-3-10(2)11-8-9-14(15)13-7-5-4-6-12(11)13/h4-10H,3,15H2,1-2H3/t10-/m1/s1. The van der Waals surface area contributed by atoms with Crippen LogP contribution in [-0.2, 0) is 0 Å². The van der Waals surface area contributed by atoms with Crippen molar-refractivity contribution >= 4 is 16.5 Å². The van der Waals surface area contributed by atoms with Crippen molar-refractivity contribution < 1.29 is 0 Å². The second kappa shape index (κ2) is 3.93. The Labute approximate surface area is 90.9 Å². The number of anilines is 1. The molecule has 0 aliphatic rings. The van der Waals surface area contributed by atoms with Crippen LogP contribution in [-0.4, -0.2) is 0 Å². The van der Waals surface area contributed by atoms with Gasteiger partial charge < -0.3 is 5.73 Å². The first-order valence-electron chi connectivity index (χ1n) is 5.51. The van der Waals surface area contributed by atoms with Crippen LogP contribution in [0.5, 0.6) is 0 Å². The fourth-order valence-corrected chi connectivity index (χ4v) is 2.00. The number of hydrogen-bond donors (Lipinski definition) is 1. The van der Waals surface area contributed by atoms with Gasteiger partial charge in [0.25, 0.3) is 0 Å². The quantitative estimate of drug-likeness (QED) is 0.728. The molecule has 0 unspecified atom stereocenters. The first-order chi connectivity index (χ1) is 7.24. The number of nitrogens with two attached hydrogens (primary N) is 1. The van der Waals surface area contributed by atoms with Crippen LogP contribution < -0.4 is 5.73 Å². The van der Waals surface area contributed by atoms with Gasteiger partial charge in [-0.1, -0.05) is 44.2 Å². The van der Waals surface area contributed by atoms with Gasteiger partial charge in [0.15, 0.2) is 0 Å². The first kappa shape index (κ1) is 10.0. The minimum absolute atomic E-state index is 0.593. The molecule has 0 aliphatic heterocycles. The van der Waals surface area contributed by atoms with E-state index in [2.05, 4.69) is 38.1 Å². The Balaban J connectivity index is 2.71. The third-order valence-corrected chi connectivity index (χ3v) is 3.13. The van der Waals surface area contributed by atoms with Crippen LogP contribution in [0, 0.1) is 0 Å². The molecule has 0 fully saturated rings. The number of nitrogen functional groups attached to an aromatic ring is 1. The average molecular weight is 199 g/mol. The first-order valence-corrected chi connectivity index (χ1v) is 5.51. The van der Waals surface area contributed by atoms with E-state index in [1.807, 2.05) is 12.1 Å². The summed E-state index contributed by atoms with van der Waals surface area (Å²) in [5.74, 6) is 0.593. The summed E-state index contributed by atoms with van der Waals surface area (Å²) < 4.78 is 0. The fourth-order valence-electron chi connectivity index (χ4n) is 2.00. The molecule has 0 radical (unpaired) electrons. The summed E-state index contributed by atoms with van der Waals surface area (Å²) in [7, 11) is 0. The van der Waals surface area contributed by atoms with Gasteiger partial charge in [0, 0.05) is 11.1 Å². The zero-order valence-corrected chi connectivity index (χ0v) is 9.33. The highest BCUT2D eigenvalue weighted by Crippen LogP contribution is 2.30. The normalized spacial score (nSPS) is 12.9. The summed E-state index contributed by atoms with van der Waals surface area (Å²) in [5.41, 5.74) is 8.24. The van der Waals surface area contributed by atoms with Gasteiger partial charge in [-0.25, -0.2) is 0 Å². The van der Waals surface area contributed by atoms with Crippen LogP contribution in [0.4, 0.5) is 5.69 Å². The summed E-state index contributed by atoms with van der Waals surface area (Å²) in [6.07, 6.45) is 1.16. The van der Waals surface area contributed by atoms with Gasteiger partial charge in [-0.3, -0.25) is 0 Å². The lowest BCUT2D eigenvalue weighted by molar-refractivity contribution is 0.740. The highest BCUT2D eigenvalue weighted by Gasteiger charge is 2.08. The Morgan fingerprint density at radius 1 is 1.07 bits per heavy atom. The predicted octanol–water partition coefficient (Wildman–Crippen LogP) is 3.94. The predicted molar refractivity (Wildman–Crippen MR) is 67.1 cm³/mol. The Bertz CT molecular complexity index is 474. The molecule has 0 spiro atoms. The zero-order chi connectivity index (χ0) is 10.8. The van der Waals surface area contributed by atoms with Crippen LogP contribution in [0.25, 0.3) is 10.8 Å². The molecule has 2 aromatic rings. The molecule has 15 heavy (non-hydrogen) atoms. The van der Waals surface area contributed by atoms with Crippen molar-refractivity contribution in [2.24, 2.45) is 0 Å². The lowest BCUT2D eigenvalue weighted by atomic mass is 9.92. The van der Waals surface area contributed by atoms with E-state index in [0.717, 1.165) is 12.1 Å². The van der Waals surface area contributed by atoms with Crippen molar-refractivity contribution in [2.45, 2.75) is 26.2 Å². The summed E-state index contributed by atoms with van der Waals surface area (Å²) in [4.78, 5) is 0. The molecule has 0 heterocycles. The highest BCUT2D eigenvalue weighted by atomic mass is 14.5. The summed E-state index contributed by atoms with van der Waals surface area (Å²) in [5, 5.41) is 2.47. The van der Waals surface area contributed by atoms with E-state index in [1.54, 1.807) is 0 Å². The molecular formula is C14H17N. The Morgan fingerprint density at radius 3 is 2.40 bits per heavy atom. The Hall–Kier alpha value is -1.50. The number of hydrogen-bond acceptors (Lipinski definition) is 1. The Morgan fingerprint density at radius 2 is 1.73 bits per heavy atom. The second-order valence-electron chi connectivity index (χ2n) is 4.10. The van der Waals surface area contributed by atoms with Crippen molar-refractivity contribution in [2.75, 3.05) is 5.73 Å². The van der Waals surface area contributed by atoms with Crippen LogP contribution in [0.2, 0.25) is 0 Å². The van der Waals surface area contributed by atoms with Crippen molar-refractivity contribution in [3.05, 3.63) is 42.0 Å². The van der Waals surface area contributed by atoms with Crippen LogP contribution in [0.3, 0.4) is 0 Å². The third-order valence-electron chi connectivity index (χ3n) is 3.13. The van der Waals surface area contributed by atoms with Crippen molar-refractivity contribution in [1.82, 2.24) is 0 Å². The van der Waals surface area contributed by atoms with E-state index in [0.29, 0.717) is 5.92 Å². The monoisotopic (exact) mass is 199 g/mol. The molecule has 0 bridgehead atoms. The van der Waals surface area contributed by atoms with Gasteiger partial charge in [0.2, 0.25) is 0 Å². The van der Waals surface area contributed by atoms with Crippen molar-refractivity contribution in [1.29, 1.82) is 0 Å². The molecule has 0 aromatic heterocycles. The largest absolute Gasteiger partial charge is 0.398 e. The van der Waals surface area contributed by atoms with Gasteiger partial charge in [0.1, 0.15) is 0 Å². The molecule has 1 nitrogen and oxygen atoms in total. The molecule has 0 saturated carbocycles. The maximum absolute atomic E-state index is 5.97. The zero-order valence-electron chi connectivity index (χ0n) is 9.33. The van der Waals surface area contributed by atoms with Crippen LogP contribution >= 0.6 is 0 Å². The van der Waals surface area contributed by atoms with Crippen molar-refractivity contribution in [3.8, 4) is 0 Å². The molecule has 0 amide bonds. The molecule has 0 saturated heterocycles. The van der Waals surface area contributed by atoms with E-state index < -0.39 is 0 Å². The van der Waals surface area contributed by atoms with Gasteiger partial charge in [-0.05, 0) is 29.4 Å². The number of fused-ring (bicyclic) bond motifs is 1. The maximum atomic E-state index is 5.97. The average Bonchev–Trinajstić information content (AvgIpc) is 2.29. The molecular weight excluding hydrogens is 182 g/mol. The lowest BCUT2D eigenvalue weighted by Crippen LogP contribution is -1.95. The summed E-state index contributed by atoms with van der Waals surface area (Å²) >= 11 is 0. The second-order valence-corrected chi connectivity index (χ2v) is 4.10. The van der Waals surface area contributed by atoms with E-state index >= 15 is 0 Å². The molecule has 1 atom stereocenters. The SMILES string of the molecule is CC[C@@H](C)c1ccc(N)c2ccccc12. The van der Waals surface area contributed by atoms with Crippen LogP contribution in [0.1, 0.15) is 31.7 Å². The molecule has 0 aliphatic carbocycles. The molecule has 78 valence electrons. The minimum Gasteiger partial charge on any atom is -0.398 e. The Kier molecular flexibility index (Phi) is 2.63. The van der Waals surface area contributed by atoms with E-state index in [4.69, 9.17) is 5.73 Å². The maximum Gasteiger partial charge on any atom is 0.0393 e. The van der Waals surface area contributed by atoms with Crippen LogP contribution in [0.15, 0.2) is 36.4 Å². The number of benzene rings is 2. The van der Waals surface area contributed by atoms with Gasteiger partial charge in [-0.2, -0.15) is 0 Å². The van der Waals surface area contributed by atoms with Gasteiger partial charge >= 0.3 is 0 Å². The van der Waals surface area contributed by atoms with Gasteiger partial charge in [-0.15, -0.1) is 0 Å². The van der Waals surface area contributed by atoms with Crippen molar-refractivity contribution in [3.63, 3.8) is 0 Å². The van der Waals surface area contributed by atoms with Gasteiger partial charge in [0.05, 0.1) is 0 Å². The van der Waals surface area contributed by atoms with E-state index in [-0.39, 0.29) is 0 Å². The topological polar surface area (TPSA) is 26.0 Å².